The highest BCUT2D eigenvalue weighted by atomic mass is 16.2. The van der Waals surface area contributed by atoms with Crippen molar-refractivity contribution in [2.75, 3.05) is 20.1 Å². The Morgan fingerprint density at radius 1 is 1.28 bits per heavy atom. The monoisotopic (exact) mass is 251 g/mol. The van der Waals surface area contributed by atoms with Crippen molar-refractivity contribution >= 4 is 5.91 Å². The summed E-state index contributed by atoms with van der Waals surface area (Å²) in [6.07, 6.45) is 5.93. The van der Waals surface area contributed by atoms with Gasteiger partial charge in [-0.05, 0) is 57.5 Å². The van der Waals surface area contributed by atoms with Crippen molar-refractivity contribution < 1.29 is 4.79 Å². The number of likely N-dealkylation sites (N-methyl/N-ethyl adjacent to an activating group) is 1. The SMILES string of the molecule is CN1CCCC(NC(=O)C2C3CCC(C3)C2N)C1. The summed E-state index contributed by atoms with van der Waals surface area (Å²) >= 11 is 0. The molecule has 4 nitrogen and oxygen atoms in total. The van der Waals surface area contributed by atoms with E-state index < -0.39 is 0 Å². The first-order valence-corrected chi connectivity index (χ1v) is 7.39. The second-order valence-electron chi connectivity index (χ2n) is 6.55. The summed E-state index contributed by atoms with van der Waals surface area (Å²) in [5, 5.41) is 3.25. The summed E-state index contributed by atoms with van der Waals surface area (Å²) in [7, 11) is 2.13. The number of nitrogens with zero attached hydrogens (tertiary/aromatic N) is 1. The Morgan fingerprint density at radius 3 is 2.72 bits per heavy atom. The van der Waals surface area contributed by atoms with Crippen LogP contribution in [0.3, 0.4) is 0 Å². The summed E-state index contributed by atoms with van der Waals surface area (Å²) in [6.45, 7) is 2.14. The average Bonchev–Trinajstić information content (AvgIpc) is 2.89. The number of rotatable bonds is 2. The first kappa shape index (κ1) is 12.4. The third kappa shape index (κ3) is 2.16. The fraction of sp³-hybridized carbons (Fsp3) is 0.929. The Morgan fingerprint density at radius 2 is 2.06 bits per heavy atom. The molecule has 2 aliphatic carbocycles. The molecule has 2 bridgehead atoms. The topological polar surface area (TPSA) is 58.4 Å². The lowest BCUT2D eigenvalue weighted by atomic mass is 9.84. The fourth-order valence-corrected chi connectivity index (χ4v) is 4.31. The molecule has 0 aromatic rings. The van der Waals surface area contributed by atoms with Crippen molar-refractivity contribution in [3.63, 3.8) is 0 Å². The predicted octanol–water partition coefficient (Wildman–Crippen LogP) is 0.570. The van der Waals surface area contributed by atoms with Crippen molar-refractivity contribution in [2.45, 2.75) is 44.2 Å². The van der Waals surface area contributed by atoms with Gasteiger partial charge >= 0.3 is 0 Å². The van der Waals surface area contributed by atoms with Crippen molar-refractivity contribution in [1.29, 1.82) is 0 Å². The van der Waals surface area contributed by atoms with E-state index in [9.17, 15) is 4.79 Å². The molecule has 1 heterocycles. The normalized spacial score (nSPS) is 44.2. The van der Waals surface area contributed by atoms with Crippen LogP contribution in [-0.2, 0) is 4.79 Å². The second-order valence-corrected chi connectivity index (χ2v) is 6.55. The van der Waals surface area contributed by atoms with E-state index >= 15 is 0 Å². The van der Waals surface area contributed by atoms with Gasteiger partial charge in [0.2, 0.25) is 5.91 Å². The molecule has 0 radical (unpaired) electrons. The lowest BCUT2D eigenvalue weighted by Crippen LogP contribution is -2.52. The van der Waals surface area contributed by atoms with Crippen LogP contribution in [-0.4, -0.2) is 43.0 Å². The molecule has 0 aromatic heterocycles. The zero-order valence-electron chi connectivity index (χ0n) is 11.3. The summed E-state index contributed by atoms with van der Waals surface area (Å²) < 4.78 is 0. The Labute approximate surface area is 109 Å². The molecule has 2 saturated carbocycles. The molecule has 3 aliphatic rings. The van der Waals surface area contributed by atoms with Gasteiger partial charge in [-0.3, -0.25) is 4.79 Å². The first-order valence-electron chi connectivity index (χ1n) is 7.39. The maximum atomic E-state index is 12.4. The molecule has 1 saturated heterocycles. The summed E-state index contributed by atoms with van der Waals surface area (Å²) in [5.41, 5.74) is 6.23. The van der Waals surface area contributed by atoms with Gasteiger partial charge in [-0.1, -0.05) is 0 Å². The number of carbonyl (C=O) groups excluding carboxylic acids is 1. The summed E-state index contributed by atoms with van der Waals surface area (Å²) in [4.78, 5) is 14.7. The van der Waals surface area contributed by atoms with Crippen molar-refractivity contribution in [1.82, 2.24) is 10.2 Å². The zero-order valence-corrected chi connectivity index (χ0v) is 11.3. The molecule has 3 rings (SSSR count). The third-order valence-electron chi connectivity index (χ3n) is 5.25. The minimum Gasteiger partial charge on any atom is -0.352 e. The number of fused-ring (bicyclic) bond motifs is 2. The van der Waals surface area contributed by atoms with Gasteiger partial charge in [0.1, 0.15) is 0 Å². The average molecular weight is 251 g/mol. The maximum Gasteiger partial charge on any atom is 0.225 e. The molecule has 0 aromatic carbocycles. The van der Waals surface area contributed by atoms with Gasteiger partial charge in [0.15, 0.2) is 0 Å². The van der Waals surface area contributed by atoms with Crippen LogP contribution >= 0.6 is 0 Å². The molecule has 18 heavy (non-hydrogen) atoms. The maximum absolute atomic E-state index is 12.4. The third-order valence-corrected chi connectivity index (χ3v) is 5.25. The number of nitrogens with one attached hydrogen (secondary N) is 1. The van der Waals surface area contributed by atoms with Crippen LogP contribution in [0.1, 0.15) is 32.1 Å². The van der Waals surface area contributed by atoms with E-state index in [4.69, 9.17) is 5.73 Å². The lowest BCUT2D eigenvalue weighted by molar-refractivity contribution is -0.128. The van der Waals surface area contributed by atoms with Crippen LogP contribution in [0.15, 0.2) is 0 Å². The van der Waals surface area contributed by atoms with E-state index in [2.05, 4.69) is 17.3 Å². The molecular formula is C14H25N3O. The van der Waals surface area contributed by atoms with E-state index in [-0.39, 0.29) is 17.9 Å². The lowest BCUT2D eigenvalue weighted by Gasteiger charge is -2.33. The number of nitrogens with two attached hydrogens (primary N) is 1. The minimum absolute atomic E-state index is 0.0935. The van der Waals surface area contributed by atoms with E-state index in [1.54, 1.807) is 0 Å². The standard InChI is InChI=1S/C14H25N3O/c1-17-6-2-3-11(8-17)16-14(18)12-9-4-5-10(7-9)13(12)15/h9-13H,2-8,15H2,1H3,(H,16,18). The van der Waals surface area contributed by atoms with Gasteiger partial charge in [-0.2, -0.15) is 0 Å². The molecule has 3 fully saturated rings. The molecular weight excluding hydrogens is 226 g/mol. The van der Waals surface area contributed by atoms with Crippen LogP contribution in [0.4, 0.5) is 0 Å². The van der Waals surface area contributed by atoms with Crippen LogP contribution in [0.2, 0.25) is 0 Å². The highest BCUT2D eigenvalue weighted by molar-refractivity contribution is 5.80. The Kier molecular flexibility index (Phi) is 3.32. The molecule has 102 valence electrons. The van der Waals surface area contributed by atoms with E-state index in [0.717, 1.165) is 19.5 Å². The molecule has 0 spiro atoms. The quantitative estimate of drug-likeness (QED) is 0.754. The zero-order chi connectivity index (χ0) is 12.7. The van der Waals surface area contributed by atoms with Gasteiger partial charge in [-0.15, -0.1) is 0 Å². The van der Waals surface area contributed by atoms with Gasteiger partial charge in [-0.25, -0.2) is 0 Å². The summed E-state index contributed by atoms with van der Waals surface area (Å²) in [5.74, 6) is 1.50. The van der Waals surface area contributed by atoms with Crippen molar-refractivity contribution in [3.05, 3.63) is 0 Å². The minimum atomic E-state index is 0.0935. The molecule has 3 N–H and O–H groups in total. The smallest absolute Gasteiger partial charge is 0.225 e. The Balaban J connectivity index is 1.58. The van der Waals surface area contributed by atoms with Gasteiger partial charge in [0.05, 0.1) is 5.92 Å². The molecule has 1 amide bonds. The molecule has 4 heteroatoms. The summed E-state index contributed by atoms with van der Waals surface area (Å²) in [6, 6.07) is 0.452. The van der Waals surface area contributed by atoms with Gasteiger partial charge < -0.3 is 16.0 Å². The van der Waals surface area contributed by atoms with E-state index in [1.165, 1.54) is 25.7 Å². The Bertz CT molecular complexity index is 331. The predicted molar refractivity (Wildman–Crippen MR) is 71.0 cm³/mol. The van der Waals surface area contributed by atoms with Gasteiger partial charge in [0, 0.05) is 18.6 Å². The number of piperidine rings is 1. The number of likely N-dealkylation sites (tertiary alicyclic amines) is 1. The number of hydrogen-bond donors (Lipinski definition) is 2. The van der Waals surface area contributed by atoms with Crippen LogP contribution < -0.4 is 11.1 Å². The molecule has 5 unspecified atom stereocenters. The van der Waals surface area contributed by atoms with Gasteiger partial charge in [0.25, 0.3) is 0 Å². The van der Waals surface area contributed by atoms with Crippen molar-refractivity contribution in [3.8, 4) is 0 Å². The first-order chi connectivity index (χ1) is 8.65. The largest absolute Gasteiger partial charge is 0.352 e. The number of hydrogen-bond acceptors (Lipinski definition) is 3. The van der Waals surface area contributed by atoms with Crippen LogP contribution in [0.5, 0.6) is 0 Å². The van der Waals surface area contributed by atoms with Crippen LogP contribution in [0, 0.1) is 17.8 Å². The molecule has 1 aliphatic heterocycles. The highest BCUT2D eigenvalue weighted by Crippen LogP contribution is 2.47. The van der Waals surface area contributed by atoms with E-state index in [1.807, 2.05) is 0 Å². The fourth-order valence-electron chi connectivity index (χ4n) is 4.31. The van der Waals surface area contributed by atoms with E-state index in [0.29, 0.717) is 17.9 Å². The number of amides is 1. The molecule has 5 atom stereocenters. The van der Waals surface area contributed by atoms with Crippen molar-refractivity contribution in [2.24, 2.45) is 23.5 Å². The van der Waals surface area contributed by atoms with Crippen LogP contribution in [0.25, 0.3) is 0 Å². The highest BCUT2D eigenvalue weighted by Gasteiger charge is 2.49. The number of carbonyl (C=O) groups is 1. The second kappa shape index (κ2) is 4.82. The Hall–Kier alpha value is -0.610.